The van der Waals surface area contributed by atoms with Crippen molar-refractivity contribution in [2.45, 2.75) is 18.9 Å². The zero-order chi connectivity index (χ0) is 13.1. The van der Waals surface area contributed by atoms with Gasteiger partial charge in [-0.05, 0) is 24.6 Å². The average Bonchev–Trinajstić information content (AvgIpc) is 2.22. The van der Waals surface area contributed by atoms with Crippen LogP contribution in [0.25, 0.3) is 0 Å². The van der Waals surface area contributed by atoms with E-state index in [4.69, 9.17) is 32.1 Å². The molecule has 0 aromatic heterocycles. The molecule has 0 aliphatic heterocycles. The number of halogens is 1. The molecule has 0 unspecified atom stereocenters. The quantitative estimate of drug-likeness (QED) is 0.661. The summed E-state index contributed by atoms with van der Waals surface area (Å²) in [5.74, 6) is -0.681. The van der Waals surface area contributed by atoms with Crippen LogP contribution in [-0.4, -0.2) is 29.3 Å². The highest BCUT2D eigenvalue weighted by atomic mass is 35.5. The highest BCUT2D eigenvalue weighted by Crippen LogP contribution is 2.25. The van der Waals surface area contributed by atoms with Crippen molar-refractivity contribution in [2.24, 2.45) is 5.73 Å². The van der Waals surface area contributed by atoms with Gasteiger partial charge >= 0.3 is 13.7 Å². The minimum absolute atomic E-state index is 0.112. The van der Waals surface area contributed by atoms with Gasteiger partial charge in [0, 0.05) is 11.4 Å². The third kappa shape index (κ3) is 3.62. The van der Waals surface area contributed by atoms with E-state index in [2.05, 4.69) is 0 Å². The molecule has 4 N–H and O–H groups in total. The summed E-state index contributed by atoms with van der Waals surface area (Å²) in [4.78, 5) is 10.9. The summed E-state index contributed by atoms with van der Waals surface area (Å²) < 4.78 is 4.84. The van der Waals surface area contributed by atoms with E-state index in [1.54, 1.807) is 12.1 Å². The Hall–Kier alpha value is -1.24. The molecule has 0 saturated heterocycles. The van der Waals surface area contributed by atoms with Gasteiger partial charge in [-0.2, -0.15) is 0 Å². The first-order valence-electron chi connectivity index (χ1n) is 4.91. The lowest BCUT2D eigenvalue weighted by molar-refractivity contribution is -0.142. The second-order valence-electron chi connectivity index (χ2n) is 3.93. The number of rotatable bonds is 5. The van der Waals surface area contributed by atoms with Gasteiger partial charge in [-0.25, -0.2) is 0 Å². The average molecular weight is 257 g/mol. The number of benzene rings is 1. The lowest BCUT2D eigenvalue weighted by Gasteiger charge is -2.20. The fraction of sp³-hybridized carbons (Fsp3) is 0.300. The molecule has 1 aromatic carbocycles. The summed E-state index contributed by atoms with van der Waals surface area (Å²) in [7, 11) is -0.445. The Bertz CT molecular complexity index is 425. The van der Waals surface area contributed by atoms with Gasteiger partial charge < -0.3 is 20.5 Å². The molecule has 1 aromatic rings. The van der Waals surface area contributed by atoms with Crippen molar-refractivity contribution in [3.63, 3.8) is 0 Å². The number of nitrogens with two attached hydrogens (primary N) is 1. The van der Waals surface area contributed by atoms with Crippen molar-refractivity contribution >= 4 is 25.3 Å². The van der Waals surface area contributed by atoms with Crippen LogP contribution in [0.5, 0.6) is 5.75 Å². The maximum atomic E-state index is 10.9. The van der Waals surface area contributed by atoms with Gasteiger partial charge in [0.2, 0.25) is 0 Å². The van der Waals surface area contributed by atoms with Crippen molar-refractivity contribution in [3.8, 4) is 5.75 Å². The topological polar surface area (TPSA) is 92.8 Å². The molecule has 0 amide bonds. The highest BCUT2D eigenvalue weighted by Gasteiger charge is 2.28. The van der Waals surface area contributed by atoms with E-state index in [-0.39, 0.29) is 6.42 Å². The Labute approximate surface area is 104 Å². The lowest BCUT2D eigenvalue weighted by Crippen LogP contribution is -2.46. The highest BCUT2D eigenvalue weighted by molar-refractivity contribution is 6.31. The number of carboxylic acids is 1. The van der Waals surface area contributed by atoms with Crippen LogP contribution in [0.2, 0.25) is 5.02 Å². The smallest absolute Gasteiger partial charge is 0.504 e. The predicted molar refractivity (Wildman–Crippen MR) is 65.4 cm³/mol. The summed E-state index contributed by atoms with van der Waals surface area (Å²) >= 11 is 5.97. The molecule has 0 radical (unpaired) electrons. The molecule has 0 aliphatic carbocycles. The Morgan fingerprint density at radius 1 is 1.65 bits per heavy atom. The monoisotopic (exact) mass is 257 g/mol. The largest absolute Gasteiger partial charge is 0.539 e. The molecule has 7 heteroatoms. The van der Waals surface area contributed by atoms with Crippen LogP contribution in [0.4, 0.5) is 0 Å². The van der Waals surface area contributed by atoms with E-state index in [0.717, 1.165) is 0 Å². The maximum Gasteiger partial charge on any atom is 0.504 e. The zero-order valence-electron chi connectivity index (χ0n) is 9.31. The molecule has 1 rings (SSSR count). The first kappa shape index (κ1) is 13.8. The van der Waals surface area contributed by atoms with E-state index in [1.807, 2.05) is 0 Å². The van der Waals surface area contributed by atoms with Crippen LogP contribution in [0.15, 0.2) is 18.2 Å². The normalized spacial score (nSPS) is 13.9. The summed E-state index contributed by atoms with van der Waals surface area (Å²) in [6.07, 6.45) is 0.112. The van der Waals surface area contributed by atoms with Crippen LogP contribution in [0.1, 0.15) is 12.5 Å². The van der Waals surface area contributed by atoms with Gasteiger partial charge in [0.25, 0.3) is 0 Å². The Morgan fingerprint density at radius 2 is 2.29 bits per heavy atom. The van der Waals surface area contributed by atoms with E-state index >= 15 is 0 Å². The van der Waals surface area contributed by atoms with Gasteiger partial charge in [0.1, 0.15) is 11.3 Å². The SMILES string of the molecule is C[C@@](N)(Cc1ccc(OBO)cc1Cl)C(=O)O. The number of aliphatic carboxylic acids is 1. The molecule has 0 aliphatic rings. The van der Waals surface area contributed by atoms with Crippen LogP contribution in [0, 0.1) is 0 Å². The van der Waals surface area contributed by atoms with Gasteiger partial charge in [-0.1, -0.05) is 17.7 Å². The van der Waals surface area contributed by atoms with Crippen molar-refractivity contribution in [2.75, 3.05) is 0 Å². The number of hydrogen-bond acceptors (Lipinski definition) is 4. The first-order chi connectivity index (χ1) is 7.86. The Balaban J connectivity index is 2.90. The standard InChI is InChI=1S/C10H13BClNO4/c1-10(13,9(14)15)5-6-2-3-7(17-11-16)4-8(6)12/h2-4,11,16H,5,13H2,1H3,(H,14,15)/t10-/m1/s1. The summed E-state index contributed by atoms with van der Waals surface area (Å²) in [5.41, 5.74) is 4.87. The Morgan fingerprint density at radius 3 is 2.76 bits per heavy atom. The van der Waals surface area contributed by atoms with Gasteiger partial charge in [-0.15, -0.1) is 0 Å². The van der Waals surface area contributed by atoms with E-state index < -0.39 is 19.2 Å². The van der Waals surface area contributed by atoms with Crippen molar-refractivity contribution in [3.05, 3.63) is 28.8 Å². The van der Waals surface area contributed by atoms with Crippen LogP contribution in [0.3, 0.4) is 0 Å². The van der Waals surface area contributed by atoms with Crippen LogP contribution in [-0.2, 0) is 11.2 Å². The van der Waals surface area contributed by atoms with E-state index in [9.17, 15) is 4.79 Å². The van der Waals surface area contributed by atoms with Crippen molar-refractivity contribution in [1.82, 2.24) is 0 Å². The predicted octanol–water partition coefficient (Wildman–Crippen LogP) is 0.322. The first-order valence-corrected chi connectivity index (χ1v) is 5.29. The summed E-state index contributed by atoms with van der Waals surface area (Å²) in [5, 5.41) is 17.8. The fourth-order valence-electron chi connectivity index (χ4n) is 1.31. The maximum absolute atomic E-state index is 10.9. The second-order valence-corrected chi connectivity index (χ2v) is 4.33. The Kier molecular flexibility index (Phi) is 4.39. The summed E-state index contributed by atoms with van der Waals surface area (Å²) in [6, 6.07) is 4.72. The lowest BCUT2D eigenvalue weighted by atomic mass is 9.94. The summed E-state index contributed by atoms with van der Waals surface area (Å²) in [6.45, 7) is 1.42. The zero-order valence-corrected chi connectivity index (χ0v) is 10.1. The number of carboxylic acid groups (broad SMARTS) is 1. The molecule has 5 nitrogen and oxygen atoms in total. The van der Waals surface area contributed by atoms with E-state index in [0.29, 0.717) is 16.3 Å². The second kappa shape index (κ2) is 5.40. The minimum Gasteiger partial charge on any atom is -0.539 e. The fourth-order valence-corrected chi connectivity index (χ4v) is 1.54. The molecule has 92 valence electrons. The third-order valence-corrected chi connectivity index (χ3v) is 2.65. The molecule has 0 spiro atoms. The molecule has 1 atom stereocenters. The minimum atomic E-state index is -1.37. The number of hydrogen-bond donors (Lipinski definition) is 3. The van der Waals surface area contributed by atoms with E-state index in [1.165, 1.54) is 13.0 Å². The van der Waals surface area contributed by atoms with Crippen molar-refractivity contribution < 1.29 is 19.6 Å². The van der Waals surface area contributed by atoms with Crippen LogP contribution >= 0.6 is 11.6 Å². The molecule has 0 bridgehead atoms. The van der Waals surface area contributed by atoms with Gasteiger partial charge in [0.05, 0.1) is 0 Å². The van der Waals surface area contributed by atoms with Crippen LogP contribution < -0.4 is 10.4 Å². The molecule has 0 saturated carbocycles. The molecule has 0 fully saturated rings. The molecule has 17 heavy (non-hydrogen) atoms. The number of carbonyl (C=O) groups is 1. The van der Waals surface area contributed by atoms with Gasteiger partial charge in [0.15, 0.2) is 0 Å². The molecular weight excluding hydrogens is 244 g/mol. The van der Waals surface area contributed by atoms with Gasteiger partial charge in [-0.3, -0.25) is 4.79 Å². The van der Waals surface area contributed by atoms with Crippen molar-refractivity contribution in [1.29, 1.82) is 0 Å². The third-order valence-electron chi connectivity index (χ3n) is 2.30. The molecule has 0 heterocycles. The molecular formula is C10H13BClNO4.